The van der Waals surface area contributed by atoms with Crippen molar-refractivity contribution in [1.29, 1.82) is 0 Å². The van der Waals surface area contributed by atoms with Crippen molar-refractivity contribution in [2.45, 2.75) is 37.2 Å². The Kier molecular flexibility index (Phi) is 4.58. The van der Waals surface area contributed by atoms with Crippen molar-refractivity contribution in [1.82, 2.24) is 0 Å². The van der Waals surface area contributed by atoms with Gasteiger partial charge in [-0.25, -0.2) is 0 Å². The van der Waals surface area contributed by atoms with Crippen LogP contribution in [0.1, 0.15) is 31.2 Å². The maximum absolute atomic E-state index is 10.4. The first-order valence-corrected chi connectivity index (χ1v) is 7.00. The maximum atomic E-state index is 10.4. The van der Waals surface area contributed by atoms with E-state index < -0.39 is 11.5 Å². The summed E-state index contributed by atoms with van der Waals surface area (Å²) in [6.45, 7) is 0.239. The zero-order chi connectivity index (χ0) is 13.9. The van der Waals surface area contributed by atoms with Crippen LogP contribution < -0.4 is 0 Å². The van der Waals surface area contributed by atoms with Crippen molar-refractivity contribution >= 4 is 23.2 Å². The number of benzene rings is 1. The third-order valence-corrected chi connectivity index (χ3v) is 4.64. The lowest BCUT2D eigenvalue weighted by Crippen LogP contribution is -2.44. The Morgan fingerprint density at radius 2 is 2.16 bits per heavy atom. The minimum absolute atomic E-state index is 0.239. The van der Waals surface area contributed by atoms with Gasteiger partial charge in [-0.05, 0) is 36.1 Å². The Balaban J connectivity index is 2.46. The fourth-order valence-corrected chi connectivity index (χ4v) is 3.10. The van der Waals surface area contributed by atoms with Gasteiger partial charge >= 0.3 is 0 Å². The quantitative estimate of drug-likeness (QED) is 0.499. The summed E-state index contributed by atoms with van der Waals surface area (Å²) in [7, 11) is 0. The number of azide groups is 1. The molecule has 1 fully saturated rings. The minimum Gasteiger partial charge on any atom is -0.392 e. The van der Waals surface area contributed by atoms with Gasteiger partial charge in [0.25, 0.3) is 0 Å². The van der Waals surface area contributed by atoms with Gasteiger partial charge in [0, 0.05) is 16.9 Å². The number of nitrogens with zero attached hydrogens (tertiary/aromatic N) is 3. The molecule has 1 aromatic rings. The van der Waals surface area contributed by atoms with E-state index >= 15 is 0 Å². The number of hydrogen-bond acceptors (Lipinski definition) is 2. The molecule has 0 bridgehead atoms. The third-order valence-electron chi connectivity index (χ3n) is 3.90. The Morgan fingerprint density at radius 3 is 2.79 bits per heavy atom. The molecule has 1 N–H and O–H groups in total. The van der Waals surface area contributed by atoms with Crippen LogP contribution in [0.25, 0.3) is 10.4 Å². The Morgan fingerprint density at radius 1 is 1.37 bits per heavy atom. The molecule has 0 amide bonds. The fourth-order valence-electron chi connectivity index (χ4n) is 2.80. The van der Waals surface area contributed by atoms with Crippen LogP contribution in [-0.4, -0.2) is 17.8 Å². The molecular formula is C13H15Cl2N3O. The summed E-state index contributed by atoms with van der Waals surface area (Å²) < 4.78 is 0. The second-order valence-electron chi connectivity index (χ2n) is 4.94. The topological polar surface area (TPSA) is 69.0 Å². The van der Waals surface area contributed by atoms with Crippen LogP contribution in [-0.2, 0) is 5.41 Å². The van der Waals surface area contributed by atoms with Crippen molar-refractivity contribution in [3.05, 3.63) is 44.3 Å². The molecule has 6 heteroatoms. The normalized spacial score (nSPS) is 26.8. The molecule has 0 radical (unpaired) electrons. The average molecular weight is 300 g/mol. The molecule has 0 aliphatic heterocycles. The second kappa shape index (κ2) is 6.02. The molecule has 1 aromatic carbocycles. The third kappa shape index (κ3) is 2.82. The van der Waals surface area contributed by atoms with Crippen molar-refractivity contribution in [3.63, 3.8) is 0 Å². The van der Waals surface area contributed by atoms with E-state index in [1.807, 2.05) is 6.07 Å². The average Bonchev–Trinajstić information content (AvgIpc) is 2.41. The van der Waals surface area contributed by atoms with E-state index in [9.17, 15) is 5.11 Å². The summed E-state index contributed by atoms with van der Waals surface area (Å²) in [5.41, 5.74) is 8.92. The summed E-state index contributed by atoms with van der Waals surface area (Å²) in [5, 5.41) is 15.0. The van der Waals surface area contributed by atoms with E-state index in [0.717, 1.165) is 24.8 Å². The highest BCUT2D eigenvalue weighted by atomic mass is 35.5. The van der Waals surface area contributed by atoms with Crippen molar-refractivity contribution in [2.24, 2.45) is 5.11 Å². The monoisotopic (exact) mass is 299 g/mol. The van der Waals surface area contributed by atoms with Crippen LogP contribution in [0.2, 0.25) is 10.0 Å². The molecule has 19 heavy (non-hydrogen) atoms. The predicted octanol–water partition coefficient (Wildman–Crippen LogP) is 4.48. The van der Waals surface area contributed by atoms with Gasteiger partial charge in [0.1, 0.15) is 0 Å². The Labute approximate surface area is 122 Å². The van der Waals surface area contributed by atoms with Gasteiger partial charge in [-0.1, -0.05) is 47.2 Å². The van der Waals surface area contributed by atoms with Crippen LogP contribution in [0.3, 0.4) is 0 Å². The van der Waals surface area contributed by atoms with E-state index in [-0.39, 0.29) is 6.54 Å². The van der Waals surface area contributed by atoms with Gasteiger partial charge in [0.2, 0.25) is 0 Å². The standard InChI is InChI=1S/C13H15Cl2N3O/c14-10-5-4-9(7-11(10)15)13(8-17-18-16)6-2-1-3-12(13)19/h4-5,7,12,19H,1-3,6,8H2/t12-,13-/m1/s1. The molecule has 0 saturated heterocycles. The summed E-state index contributed by atoms with van der Waals surface area (Å²) >= 11 is 12.0. The van der Waals surface area contributed by atoms with E-state index in [1.165, 1.54) is 0 Å². The largest absolute Gasteiger partial charge is 0.392 e. The summed E-state index contributed by atoms with van der Waals surface area (Å²) in [6, 6.07) is 5.35. The number of hydrogen-bond donors (Lipinski definition) is 1. The molecule has 1 aliphatic rings. The van der Waals surface area contributed by atoms with Crippen LogP contribution in [0.4, 0.5) is 0 Å². The lowest BCUT2D eigenvalue weighted by molar-refractivity contribution is 0.0464. The molecule has 2 atom stereocenters. The highest BCUT2D eigenvalue weighted by Gasteiger charge is 2.41. The molecule has 102 valence electrons. The van der Waals surface area contributed by atoms with E-state index in [2.05, 4.69) is 10.0 Å². The Hall–Kier alpha value is -0.930. The van der Waals surface area contributed by atoms with Crippen LogP contribution >= 0.6 is 23.2 Å². The lowest BCUT2D eigenvalue weighted by Gasteiger charge is -2.41. The predicted molar refractivity (Wildman–Crippen MR) is 76.6 cm³/mol. The molecular weight excluding hydrogens is 285 g/mol. The molecule has 0 aromatic heterocycles. The second-order valence-corrected chi connectivity index (χ2v) is 5.75. The summed E-state index contributed by atoms with van der Waals surface area (Å²) in [5.74, 6) is 0. The number of rotatable bonds is 3. The van der Waals surface area contributed by atoms with Gasteiger partial charge in [0.05, 0.1) is 16.1 Å². The van der Waals surface area contributed by atoms with Crippen molar-refractivity contribution in [3.8, 4) is 0 Å². The summed E-state index contributed by atoms with van der Waals surface area (Å²) in [4.78, 5) is 2.83. The van der Waals surface area contributed by atoms with E-state index in [4.69, 9.17) is 28.7 Å². The molecule has 4 nitrogen and oxygen atoms in total. The highest BCUT2D eigenvalue weighted by Crippen LogP contribution is 2.41. The number of halogens is 2. The van der Waals surface area contributed by atoms with Crippen molar-refractivity contribution < 1.29 is 5.11 Å². The summed E-state index contributed by atoms with van der Waals surface area (Å²) in [6.07, 6.45) is 2.95. The van der Waals surface area contributed by atoms with E-state index in [0.29, 0.717) is 16.5 Å². The first-order valence-electron chi connectivity index (χ1n) is 6.24. The highest BCUT2D eigenvalue weighted by molar-refractivity contribution is 6.42. The van der Waals surface area contributed by atoms with E-state index in [1.54, 1.807) is 12.1 Å². The smallest absolute Gasteiger partial charge is 0.0638 e. The molecule has 0 spiro atoms. The van der Waals surface area contributed by atoms with Gasteiger partial charge in [-0.3, -0.25) is 0 Å². The van der Waals surface area contributed by atoms with Gasteiger partial charge in [0.15, 0.2) is 0 Å². The maximum Gasteiger partial charge on any atom is 0.0638 e. The molecule has 0 unspecified atom stereocenters. The SMILES string of the molecule is [N-]=[N+]=NC[C@@]1(c2ccc(Cl)c(Cl)c2)CCCC[C@H]1O. The first-order chi connectivity index (χ1) is 9.10. The minimum atomic E-state index is -0.543. The van der Waals surface area contributed by atoms with Gasteiger partial charge in [-0.15, -0.1) is 0 Å². The first kappa shape index (κ1) is 14.5. The number of aliphatic hydroxyl groups excluding tert-OH is 1. The lowest BCUT2D eigenvalue weighted by atomic mass is 9.67. The zero-order valence-corrected chi connectivity index (χ0v) is 11.9. The van der Waals surface area contributed by atoms with Gasteiger partial charge < -0.3 is 5.11 Å². The zero-order valence-electron chi connectivity index (χ0n) is 10.4. The molecule has 2 rings (SSSR count). The van der Waals surface area contributed by atoms with Crippen LogP contribution in [0.5, 0.6) is 0 Å². The Bertz CT molecular complexity index is 517. The number of aliphatic hydroxyl groups is 1. The fraction of sp³-hybridized carbons (Fsp3) is 0.538. The van der Waals surface area contributed by atoms with Crippen molar-refractivity contribution in [2.75, 3.05) is 6.54 Å². The van der Waals surface area contributed by atoms with Gasteiger partial charge in [-0.2, -0.15) is 0 Å². The molecule has 0 heterocycles. The molecule has 1 saturated carbocycles. The van der Waals surface area contributed by atoms with Crippen LogP contribution in [0, 0.1) is 0 Å². The molecule has 1 aliphatic carbocycles. The van der Waals surface area contributed by atoms with Crippen LogP contribution in [0.15, 0.2) is 23.3 Å².